The van der Waals surface area contributed by atoms with Gasteiger partial charge in [0.05, 0.1) is 0 Å². The largest absolute Gasteiger partial charge is 0.331 e. The maximum Gasteiger partial charge on any atom is 0.218 e. The molecular weight excluding hydrogens is 82.0 g/mol. The van der Waals surface area contributed by atoms with Crippen LogP contribution in [0, 0.1) is 0 Å². The van der Waals surface area contributed by atoms with Gasteiger partial charge in [-0.05, 0) is 0 Å². The van der Waals surface area contributed by atoms with Crippen molar-refractivity contribution >= 4 is 5.91 Å². The molecule has 0 saturated heterocycles. The molecule has 0 bridgehead atoms. The van der Waals surface area contributed by atoms with Gasteiger partial charge in [-0.3, -0.25) is 4.79 Å². The van der Waals surface area contributed by atoms with Crippen LogP contribution in [0.5, 0.6) is 0 Å². The Kier molecular flexibility index (Phi) is 2.40. The van der Waals surface area contributed by atoms with Gasteiger partial charge < -0.3 is 5.32 Å². The molecule has 0 rings (SSSR count). The topological polar surface area (TPSA) is 49.0 Å². The number of amides is 1. The predicted octanol–water partition coefficient (Wildman–Crippen LogP) is -0.490. The summed E-state index contributed by atoms with van der Waals surface area (Å²) >= 11 is 0. The lowest BCUT2D eigenvalue weighted by Crippen LogP contribution is -2.19. The molecule has 1 radical (unpaired) electrons. The van der Waals surface area contributed by atoms with Crippen molar-refractivity contribution in [2.24, 2.45) is 0 Å². The fourth-order valence-electron chi connectivity index (χ4n) is 0.102. The highest BCUT2D eigenvalue weighted by Crippen LogP contribution is 1.52. The van der Waals surface area contributed by atoms with Crippen LogP contribution in [-0.4, -0.2) is 12.6 Å². The van der Waals surface area contributed by atoms with E-state index >= 15 is 0 Å². The standard InChI is InChI=1S/C3H6NO2/c1-3(6)4-2-5/h2H2,1H3,(H,4,6). The highest BCUT2D eigenvalue weighted by atomic mass is 16.3. The molecule has 6 heavy (non-hydrogen) atoms. The summed E-state index contributed by atoms with van der Waals surface area (Å²) in [6, 6.07) is 0. The molecule has 0 aliphatic rings. The molecule has 0 unspecified atom stereocenters. The van der Waals surface area contributed by atoms with Gasteiger partial charge in [0.25, 0.3) is 0 Å². The molecule has 3 nitrogen and oxygen atoms in total. The minimum Gasteiger partial charge on any atom is -0.331 e. The SMILES string of the molecule is CC(=O)NC[O]. The molecule has 1 amide bonds. The minimum absolute atomic E-state index is 0.273. The molecule has 0 atom stereocenters. The number of hydrogen-bond acceptors (Lipinski definition) is 1. The van der Waals surface area contributed by atoms with Crippen molar-refractivity contribution in [2.75, 3.05) is 6.73 Å². The van der Waals surface area contributed by atoms with Crippen LogP contribution >= 0.6 is 0 Å². The van der Waals surface area contributed by atoms with Crippen LogP contribution in [0.4, 0.5) is 0 Å². The van der Waals surface area contributed by atoms with E-state index in [1.165, 1.54) is 6.92 Å². The molecule has 1 N–H and O–H groups in total. The Morgan fingerprint density at radius 1 is 1.83 bits per heavy atom. The normalized spacial score (nSPS) is 7.67. The van der Waals surface area contributed by atoms with Crippen molar-refractivity contribution in [2.45, 2.75) is 6.92 Å². The van der Waals surface area contributed by atoms with Gasteiger partial charge in [0.1, 0.15) is 0 Å². The third kappa shape index (κ3) is 3.43. The first-order valence-electron chi connectivity index (χ1n) is 1.60. The van der Waals surface area contributed by atoms with Gasteiger partial charge in [-0.2, -0.15) is 0 Å². The highest BCUT2D eigenvalue weighted by molar-refractivity contribution is 5.72. The van der Waals surface area contributed by atoms with Crippen LogP contribution in [-0.2, 0) is 9.90 Å². The highest BCUT2D eigenvalue weighted by Gasteiger charge is 1.81. The van der Waals surface area contributed by atoms with Crippen molar-refractivity contribution in [1.29, 1.82) is 0 Å². The fourth-order valence-corrected chi connectivity index (χ4v) is 0.102. The molecule has 0 aromatic heterocycles. The first kappa shape index (κ1) is 5.43. The predicted molar refractivity (Wildman–Crippen MR) is 19.4 cm³/mol. The van der Waals surface area contributed by atoms with Crippen LogP contribution in [0.15, 0.2) is 0 Å². The van der Waals surface area contributed by atoms with Gasteiger partial charge >= 0.3 is 0 Å². The molecule has 0 saturated carbocycles. The van der Waals surface area contributed by atoms with E-state index in [0.717, 1.165) is 0 Å². The minimum atomic E-state index is -0.519. The lowest BCUT2D eigenvalue weighted by atomic mass is 10.7. The Morgan fingerprint density at radius 3 is 2.33 bits per heavy atom. The molecule has 0 spiro atoms. The Balaban J connectivity index is 2.83. The maximum absolute atomic E-state index is 9.73. The maximum atomic E-state index is 9.73. The van der Waals surface area contributed by atoms with E-state index in [-0.39, 0.29) is 5.91 Å². The zero-order valence-electron chi connectivity index (χ0n) is 3.52. The summed E-state index contributed by atoms with van der Waals surface area (Å²) in [5, 5.41) is 11.4. The fraction of sp³-hybridized carbons (Fsp3) is 0.667. The zero-order valence-corrected chi connectivity index (χ0v) is 3.52. The van der Waals surface area contributed by atoms with Crippen LogP contribution in [0.3, 0.4) is 0 Å². The van der Waals surface area contributed by atoms with E-state index in [0.29, 0.717) is 0 Å². The molecule has 3 heteroatoms. The van der Waals surface area contributed by atoms with Crippen LogP contribution in [0.1, 0.15) is 6.92 Å². The first-order valence-corrected chi connectivity index (χ1v) is 1.60. The Hall–Kier alpha value is -0.570. The van der Waals surface area contributed by atoms with Gasteiger partial charge in [0.2, 0.25) is 5.91 Å². The number of carbonyl (C=O) groups is 1. The monoisotopic (exact) mass is 88.0 g/mol. The van der Waals surface area contributed by atoms with Crippen molar-refractivity contribution < 1.29 is 9.90 Å². The summed E-state index contributed by atoms with van der Waals surface area (Å²) in [4.78, 5) is 9.73. The molecule has 0 heterocycles. The van der Waals surface area contributed by atoms with Gasteiger partial charge in [-0.25, -0.2) is 5.11 Å². The Labute approximate surface area is 36.0 Å². The summed E-state index contributed by atoms with van der Waals surface area (Å²) in [6.07, 6.45) is 0. The lowest BCUT2D eigenvalue weighted by molar-refractivity contribution is -0.120. The second-order valence-electron chi connectivity index (χ2n) is 0.877. The van der Waals surface area contributed by atoms with Crippen molar-refractivity contribution in [3.05, 3.63) is 0 Å². The van der Waals surface area contributed by atoms with E-state index in [2.05, 4.69) is 0 Å². The summed E-state index contributed by atoms with van der Waals surface area (Å²) < 4.78 is 0. The quantitative estimate of drug-likeness (QED) is 0.432. The van der Waals surface area contributed by atoms with E-state index in [9.17, 15) is 9.90 Å². The Bertz CT molecular complexity index is 52.8. The molecule has 0 aliphatic heterocycles. The van der Waals surface area contributed by atoms with Gasteiger partial charge in [-0.15, -0.1) is 0 Å². The van der Waals surface area contributed by atoms with Crippen molar-refractivity contribution in [3.8, 4) is 0 Å². The summed E-state index contributed by atoms with van der Waals surface area (Å²) in [6.45, 7) is 0.785. The molecular formula is C3H6NO2. The average molecular weight is 88.1 g/mol. The number of nitrogens with one attached hydrogen (secondary N) is 1. The number of hydrogen-bond donors (Lipinski definition) is 1. The third-order valence-corrected chi connectivity index (χ3v) is 0.321. The molecule has 0 aliphatic carbocycles. The van der Waals surface area contributed by atoms with Crippen LogP contribution in [0.2, 0.25) is 0 Å². The molecule has 0 aromatic rings. The smallest absolute Gasteiger partial charge is 0.218 e. The zero-order chi connectivity index (χ0) is 4.99. The third-order valence-electron chi connectivity index (χ3n) is 0.321. The van der Waals surface area contributed by atoms with Crippen LogP contribution < -0.4 is 5.32 Å². The molecule has 0 fully saturated rings. The lowest BCUT2D eigenvalue weighted by Gasteiger charge is -1.86. The number of rotatable bonds is 1. The van der Waals surface area contributed by atoms with E-state index in [4.69, 9.17) is 0 Å². The van der Waals surface area contributed by atoms with Crippen molar-refractivity contribution in [1.82, 2.24) is 5.32 Å². The van der Waals surface area contributed by atoms with Crippen molar-refractivity contribution in [3.63, 3.8) is 0 Å². The van der Waals surface area contributed by atoms with Crippen LogP contribution in [0.25, 0.3) is 0 Å². The molecule has 0 aromatic carbocycles. The summed E-state index contributed by atoms with van der Waals surface area (Å²) in [5.74, 6) is -0.273. The second kappa shape index (κ2) is 2.66. The summed E-state index contributed by atoms with van der Waals surface area (Å²) in [7, 11) is 0. The number of carbonyl (C=O) groups excluding carboxylic acids is 1. The second-order valence-corrected chi connectivity index (χ2v) is 0.877. The van der Waals surface area contributed by atoms with Gasteiger partial charge in [0, 0.05) is 6.92 Å². The van der Waals surface area contributed by atoms with E-state index < -0.39 is 6.73 Å². The van der Waals surface area contributed by atoms with Gasteiger partial charge in [-0.1, -0.05) is 0 Å². The first-order chi connectivity index (χ1) is 2.77. The summed E-state index contributed by atoms with van der Waals surface area (Å²) in [5.41, 5.74) is 0. The average Bonchev–Trinajstić information content (AvgIpc) is 1.35. The van der Waals surface area contributed by atoms with Gasteiger partial charge in [0.15, 0.2) is 6.73 Å². The Morgan fingerprint density at radius 2 is 2.33 bits per heavy atom. The van der Waals surface area contributed by atoms with E-state index in [1.54, 1.807) is 0 Å². The molecule has 35 valence electrons. The van der Waals surface area contributed by atoms with E-state index in [1.807, 2.05) is 5.32 Å².